The van der Waals surface area contributed by atoms with E-state index < -0.39 is 0 Å². The number of fused-ring (bicyclic) bond motifs is 1. The summed E-state index contributed by atoms with van der Waals surface area (Å²) in [4.78, 5) is 6.80. The topological polar surface area (TPSA) is 73.6 Å². The van der Waals surface area contributed by atoms with Crippen LogP contribution in [-0.2, 0) is 0 Å². The number of aromatic amines is 1. The molecule has 0 saturated heterocycles. The molecule has 0 radical (unpaired) electrons. The molecule has 20 heavy (non-hydrogen) atoms. The van der Waals surface area contributed by atoms with Gasteiger partial charge in [-0.1, -0.05) is 41.4 Å². The molecule has 5 nitrogen and oxygen atoms in total. The molecule has 3 aromatic rings. The molecule has 0 spiro atoms. The van der Waals surface area contributed by atoms with Crippen LogP contribution in [0.3, 0.4) is 0 Å². The Morgan fingerprint density at radius 1 is 1.10 bits per heavy atom. The second kappa shape index (κ2) is 5.11. The molecule has 7 heteroatoms. The van der Waals surface area contributed by atoms with E-state index in [9.17, 15) is 5.11 Å². The average Bonchev–Trinajstić information content (AvgIpc) is 2.76. The van der Waals surface area contributed by atoms with E-state index in [0.717, 1.165) is 10.9 Å². The van der Waals surface area contributed by atoms with E-state index in [4.69, 9.17) is 23.2 Å². The van der Waals surface area contributed by atoms with Crippen LogP contribution in [0.5, 0.6) is 5.88 Å². The van der Waals surface area contributed by atoms with Crippen LogP contribution in [0.15, 0.2) is 46.8 Å². The van der Waals surface area contributed by atoms with E-state index in [0.29, 0.717) is 21.6 Å². The van der Waals surface area contributed by atoms with Gasteiger partial charge in [-0.3, -0.25) is 0 Å². The number of hydrogen-bond acceptors (Lipinski definition) is 4. The lowest BCUT2D eigenvalue weighted by molar-refractivity contribution is 0.459. The third-order valence-electron chi connectivity index (χ3n) is 2.71. The molecule has 2 N–H and O–H groups in total. The first-order chi connectivity index (χ1) is 9.65. The smallest absolute Gasteiger partial charge is 0.218 e. The van der Waals surface area contributed by atoms with E-state index >= 15 is 0 Å². The summed E-state index contributed by atoms with van der Waals surface area (Å²) < 4.78 is 0. The number of benzene rings is 1. The predicted molar refractivity (Wildman–Crippen MR) is 78.4 cm³/mol. The highest BCUT2D eigenvalue weighted by Gasteiger charge is 2.09. The second-order valence-corrected chi connectivity index (χ2v) is 4.84. The maximum atomic E-state index is 9.83. The predicted octanol–water partition coefficient (Wildman–Crippen LogP) is 4.99. The Balaban J connectivity index is 2.02. The summed E-state index contributed by atoms with van der Waals surface area (Å²) >= 11 is 11.6. The van der Waals surface area contributed by atoms with Crippen molar-refractivity contribution < 1.29 is 5.11 Å². The third-order valence-corrected chi connectivity index (χ3v) is 3.42. The number of aromatic hydroxyl groups is 1. The van der Waals surface area contributed by atoms with Crippen LogP contribution in [0, 0.1) is 0 Å². The third kappa shape index (κ3) is 2.33. The fraction of sp³-hybridized carbons (Fsp3) is 0. The summed E-state index contributed by atoms with van der Waals surface area (Å²) in [5, 5.41) is 19.3. The summed E-state index contributed by atoms with van der Waals surface area (Å²) in [6, 6.07) is 8.89. The van der Waals surface area contributed by atoms with Gasteiger partial charge in [-0.25, -0.2) is 4.98 Å². The van der Waals surface area contributed by atoms with Crippen LogP contribution in [0.4, 0.5) is 11.5 Å². The highest BCUT2D eigenvalue weighted by atomic mass is 35.5. The number of pyridine rings is 1. The molecule has 100 valence electrons. The van der Waals surface area contributed by atoms with E-state index in [-0.39, 0.29) is 5.88 Å². The standard InChI is InChI=1S/C13H8Cl2N4O/c14-8-5-11(16-6-9(8)15)18-19-12-7-3-1-2-4-10(7)17-13(12)20/h1-6,17,20H. The molecule has 0 atom stereocenters. The van der Waals surface area contributed by atoms with Crippen molar-refractivity contribution >= 4 is 45.6 Å². The van der Waals surface area contributed by atoms with Crippen LogP contribution in [0.1, 0.15) is 0 Å². The van der Waals surface area contributed by atoms with Crippen molar-refractivity contribution in [1.29, 1.82) is 0 Å². The molecule has 0 saturated carbocycles. The minimum absolute atomic E-state index is 0.0463. The van der Waals surface area contributed by atoms with E-state index in [2.05, 4.69) is 20.2 Å². The lowest BCUT2D eigenvalue weighted by Gasteiger charge is -1.95. The van der Waals surface area contributed by atoms with E-state index in [1.54, 1.807) is 0 Å². The second-order valence-electron chi connectivity index (χ2n) is 4.02. The Morgan fingerprint density at radius 2 is 1.90 bits per heavy atom. The van der Waals surface area contributed by atoms with Crippen LogP contribution in [-0.4, -0.2) is 15.1 Å². The average molecular weight is 307 g/mol. The first-order valence-corrected chi connectivity index (χ1v) is 6.43. The molecule has 0 aliphatic carbocycles. The van der Waals surface area contributed by atoms with Crippen molar-refractivity contribution in [2.45, 2.75) is 0 Å². The summed E-state index contributed by atoms with van der Waals surface area (Å²) in [6.45, 7) is 0. The van der Waals surface area contributed by atoms with Crippen molar-refractivity contribution in [1.82, 2.24) is 9.97 Å². The van der Waals surface area contributed by atoms with Crippen LogP contribution in [0.2, 0.25) is 10.0 Å². The van der Waals surface area contributed by atoms with Gasteiger partial charge in [0.2, 0.25) is 5.88 Å². The minimum atomic E-state index is -0.0463. The number of aromatic nitrogens is 2. The van der Waals surface area contributed by atoms with E-state index in [1.807, 2.05) is 24.3 Å². The molecular formula is C13H8Cl2N4O. The van der Waals surface area contributed by atoms with Gasteiger partial charge in [-0.15, -0.1) is 10.2 Å². The molecule has 0 fully saturated rings. The van der Waals surface area contributed by atoms with Crippen molar-refractivity contribution in [2.75, 3.05) is 0 Å². The zero-order valence-corrected chi connectivity index (χ0v) is 11.5. The van der Waals surface area contributed by atoms with Gasteiger partial charge < -0.3 is 10.1 Å². The van der Waals surface area contributed by atoms with Gasteiger partial charge in [0.05, 0.1) is 15.6 Å². The molecule has 2 heterocycles. The Bertz CT molecular complexity index is 813. The number of rotatable bonds is 2. The Hall–Kier alpha value is -2.11. The van der Waals surface area contributed by atoms with E-state index in [1.165, 1.54) is 12.3 Å². The van der Waals surface area contributed by atoms with Crippen LogP contribution < -0.4 is 0 Å². The van der Waals surface area contributed by atoms with Gasteiger partial charge in [0.1, 0.15) is 0 Å². The fourth-order valence-electron chi connectivity index (χ4n) is 1.77. The molecule has 1 aromatic carbocycles. The number of hydrogen-bond donors (Lipinski definition) is 2. The van der Waals surface area contributed by atoms with Gasteiger partial charge in [0, 0.05) is 17.6 Å². The molecular weight excluding hydrogens is 299 g/mol. The lowest BCUT2D eigenvalue weighted by atomic mass is 10.2. The Labute approximate surface area is 123 Å². The highest BCUT2D eigenvalue weighted by Crippen LogP contribution is 2.36. The Morgan fingerprint density at radius 3 is 2.70 bits per heavy atom. The van der Waals surface area contributed by atoms with Crippen molar-refractivity contribution in [3.8, 4) is 5.88 Å². The quantitative estimate of drug-likeness (QED) is 0.654. The summed E-state index contributed by atoms with van der Waals surface area (Å²) in [5.74, 6) is 0.263. The zero-order chi connectivity index (χ0) is 14.1. The van der Waals surface area contributed by atoms with Crippen LogP contribution in [0.25, 0.3) is 10.9 Å². The largest absolute Gasteiger partial charge is 0.493 e. The summed E-state index contributed by atoms with van der Waals surface area (Å²) in [7, 11) is 0. The maximum absolute atomic E-state index is 9.83. The SMILES string of the molecule is Oc1[nH]c2ccccc2c1N=Nc1cc(Cl)c(Cl)cn1. The minimum Gasteiger partial charge on any atom is -0.493 e. The molecule has 0 unspecified atom stereocenters. The number of nitrogens with one attached hydrogen (secondary N) is 1. The lowest BCUT2D eigenvalue weighted by Crippen LogP contribution is -1.74. The fourth-order valence-corrected chi connectivity index (χ4v) is 2.02. The monoisotopic (exact) mass is 306 g/mol. The number of nitrogens with zero attached hydrogens (tertiary/aromatic N) is 3. The molecule has 0 amide bonds. The molecule has 3 rings (SSSR count). The normalized spacial score (nSPS) is 11.5. The first kappa shape index (κ1) is 12.9. The van der Waals surface area contributed by atoms with Crippen molar-refractivity contribution in [3.63, 3.8) is 0 Å². The summed E-state index contributed by atoms with van der Waals surface area (Å²) in [6.07, 6.45) is 1.40. The van der Waals surface area contributed by atoms with Gasteiger partial charge >= 0.3 is 0 Å². The molecule has 0 aliphatic rings. The number of H-pyrrole nitrogens is 1. The number of azo groups is 1. The van der Waals surface area contributed by atoms with Gasteiger partial charge in [-0.05, 0) is 6.07 Å². The van der Waals surface area contributed by atoms with Crippen LogP contribution >= 0.6 is 23.2 Å². The van der Waals surface area contributed by atoms with Crippen molar-refractivity contribution in [2.24, 2.45) is 10.2 Å². The molecule has 0 bridgehead atoms. The van der Waals surface area contributed by atoms with Crippen molar-refractivity contribution in [3.05, 3.63) is 46.6 Å². The molecule has 2 aromatic heterocycles. The first-order valence-electron chi connectivity index (χ1n) is 5.67. The maximum Gasteiger partial charge on any atom is 0.218 e. The zero-order valence-electron chi connectivity index (χ0n) is 10.0. The number of halogens is 2. The molecule has 0 aliphatic heterocycles. The van der Waals surface area contributed by atoms with Gasteiger partial charge in [0.25, 0.3) is 0 Å². The van der Waals surface area contributed by atoms with Gasteiger partial charge in [0.15, 0.2) is 11.5 Å². The van der Waals surface area contributed by atoms with Gasteiger partial charge in [-0.2, -0.15) is 0 Å². The number of para-hydroxylation sites is 1. The highest BCUT2D eigenvalue weighted by molar-refractivity contribution is 6.42. The Kier molecular flexibility index (Phi) is 3.30. The summed E-state index contributed by atoms with van der Waals surface area (Å²) in [5.41, 5.74) is 1.13.